The normalized spacial score (nSPS) is 10.4. The lowest BCUT2D eigenvalue weighted by Crippen LogP contribution is -2.13. The Hall–Kier alpha value is -1.20. The number of halogens is 2. The Morgan fingerprint density at radius 2 is 2.09 bits per heavy atom. The molecule has 1 aromatic carbocycles. The van der Waals surface area contributed by atoms with E-state index in [4.69, 9.17) is 28.6 Å². The minimum atomic E-state index is -0.559. The lowest BCUT2D eigenvalue weighted by atomic mass is 10.1. The predicted molar refractivity (Wildman–Crippen MR) is 92.1 cm³/mol. The van der Waals surface area contributed by atoms with Gasteiger partial charge in [0, 0.05) is 17.9 Å². The van der Waals surface area contributed by atoms with Gasteiger partial charge < -0.3 is 10.1 Å². The molecule has 22 heavy (non-hydrogen) atoms. The molecule has 0 aliphatic rings. The highest BCUT2D eigenvalue weighted by molar-refractivity contribution is 7.80. The fourth-order valence-electron chi connectivity index (χ4n) is 1.80. The van der Waals surface area contributed by atoms with Crippen LogP contribution in [0, 0.1) is 5.82 Å². The van der Waals surface area contributed by atoms with Gasteiger partial charge in [-0.2, -0.15) is 0 Å². The zero-order valence-electron chi connectivity index (χ0n) is 12.9. The first-order chi connectivity index (χ1) is 10.5. The van der Waals surface area contributed by atoms with Crippen LogP contribution in [0.15, 0.2) is 12.1 Å². The molecule has 0 unspecified atom stereocenters. The van der Waals surface area contributed by atoms with Gasteiger partial charge in [0.1, 0.15) is 5.82 Å². The van der Waals surface area contributed by atoms with E-state index >= 15 is 0 Å². The van der Waals surface area contributed by atoms with Crippen LogP contribution in [0.3, 0.4) is 0 Å². The van der Waals surface area contributed by atoms with Gasteiger partial charge >= 0.3 is 0 Å². The molecular weight excluding hydrogens is 325 g/mol. The van der Waals surface area contributed by atoms with E-state index in [0.29, 0.717) is 36.5 Å². The number of amides is 1. The molecule has 0 saturated carbocycles. The molecule has 0 radical (unpaired) electrons. The monoisotopic (exact) mass is 345 g/mol. The third kappa shape index (κ3) is 6.28. The molecule has 0 saturated heterocycles. The van der Waals surface area contributed by atoms with Crippen molar-refractivity contribution in [2.45, 2.75) is 46.0 Å². The molecule has 1 amide bonds. The summed E-state index contributed by atoms with van der Waals surface area (Å²) in [6.45, 7) is 4.51. The summed E-state index contributed by atoms with van der Waals surface area (Å²) in [5, 5.41) is 3.23. The van der Waals surface area contributed by atoms with Gasteiger partial charge in [0.25, 0.3) is 0 Å². The number of anilines is 1. The Bertz CT molecular complexity index is 537. The van der Waals surface area contributed by atoms with Crippen LogP contribution >= 0.6 is 23.8 Å². The van der Waals surface area contributed by atoms with Crippen LogP contribution in [0.5, 0.6) is 0 Å². The van der Waals surface area contributed by atoms with E-state index in [9.17, 15) is 9.18 Å². The van der Waals surface area contributed by atoms with Crippen molar-refractivity contribution < 1.29 is 13.9 Å². The van der Waals surface area contributed by atoms with E-state index < -0.39 is 5.82 Å². The van der Waals surface area contributed by atoms with Crippen molar-refractivity contribution in [2.24, 2.45) is 0 Å². The van der Waals surface area contributed by atoms with Crippen LogP contribution in [0.4, 0.5) is 10.1 Å². The first-order valence-corrected chi connectivity index (χ1v) is 8.19. The molecule has 122 valence electrons. The van der Waals surface area contributed by atoms with Crippen molar-refractivity contribution >= 4 is 40.5 Å². The molecule has 0 fully saturated rings. The maximum Gasteiger partial charge on any atom is 0.224 e. The summed E-state index contributed by atoms with van der Waals surface area (Å²) in [7, 11) is 0. The fraction of sp³-hybridized carbons (Fsp3) is 0.500. The standard InChI is InChI=1S/C16H21ClFNO2S/c1-3-5-7-21-16(22)9-11-8-14(13(18)10-12(11)17)19-15(20)6-4-2/h8,10H,3-7,9H2,1-2H3,(H,19,20). The van der Waals surface area contributed by atoms with Gasteiger partial charge in [0.05, 0.1) is 12.3 Å². The Labute approximate surface area is 141 Å². The molecule has 0 bridgehead atoms. The van der Waals surface area contributed by atoms with Crippen LogP contribution in [0.25, 0.3) is 0 Å². The summed E-state index contributed by atoms with van der Waals surface area (Å²) in [6.07, 6.45) is 3.30. The smallest absolute Gasteiger partial charge is 0.224 e. The van der Waals surface area contributed by atoms with Crippen molar-refractivity contribution in [2.75, 3.05) is 11.9 Å². The van der Waals surface area contributed by atoms with E-state index in [1.807, 2.05) is 6.92 Å². The van der Waals surface area contributed by atoms with E-state index in [0.717, 1.165) is 12.8 Å². The fourth-order valence-corrected chi connectivity index (χ4v) is 2.26. The molecule has 0 aliphatic heterocycles. The first kappa shape index (κ1) is 18.8. The van der Waals surface area contributed by atoms with Crippen LogP contribution in [0.1, 0.15) is 45.1 Å². The second kappa shape index (κ2) is 9.74. The summed E-state index contributed by atoms with van der Waals surface area (Å²) in [5.74, 6) is -0.785. The number of hydrogen-bond donors (Lipinski definition) is 1. The van der Waals surface area contributed by atoms with Crippen molar-refractivity contribution in [1.82, 2.24) is 0 Å². The van der Waals surface area contributed by atoms with Gasteiger partial charge in [-0.25, -0.2) is 4.39 Å². The first-order valence-electron chi connectivity index (χ1n) is 7.41. The van der Waals surface area contributed by atoms with Crippen LogP contribution in [-0.4, -0.2) is 17.6 Å². The Balaban J connectivity index is 2.78. The summed E-state index contributed by atoms with van der Waals surface area (Å²) in [4.78, 5) is 11.6. The van der Waals surface area contributed by atoms with Gasteiger partial charge in [0.15, 0.2) is 5.05 Å². The molecule has 1 N–H and O–H groups in total. The van der Waals surface area contributed by atoms with Gasteiger partial charge in [-0.05, 0) is 42.8 Å². The SMILES string of the molecule is CCCCOC(=S)Cc1cc(NC(=O)CCC)c(F)cc1Cl. The second-order valence-corrected chi connectivity index (χ2v) is 5.83. The number of benzene rings is 1. The number of carbonyl (C=O) groups excluding carboxylic acids is 1. The molecule has 0 atom stereocenters. The highest BCUT2D eigenvalue weighted by Gasteiger charge is 2.13. The summed E-state index contributed by atoms with van der Waals surface area (Å²) >= 11 is 11.2. The maximum atomic E-state index is 13.9. The quantitative estimate of drug-likeness (QED) is 0.537. The summed E-state index contributed by atoms with van der Waals surface area (Å²) in [5.41, 5.74) is 0.755. The van der Waals surface area contributed by atoms with Crippen LogP contribution in [-0.2, 0) is 16.0 Å². The predicted octanol–water partition coefficient (Wildman–Crippen LogP) is 4.90. The van der Waals surface area contributed by atoms with E-state index in [1.165, 1.54) is 12.1 Å². The highest BCUT2D eigenvalue weighted by atomic mass is 35.5. The molecule has 0 aromatic heterocycles. The van der Waals surface area contributed by atoms with Gasteiger partial charge in [-0.15, -0.1) is 0 Å². The number of rotatable bonds is 8. The molecule has 0 heterocycles. The number of unbranched alkanes of at least 4 members (excludes halogenated alkanes) is 1. The summed E-state index contributed by atoms with van der Waals surface area (Å²) in [6, 6.07) is 2.70. The maximum absolute atomic E-state index is 13.9. The van der Waals surface area contributed by atoms with E-state index in [1.54, 1.807) is 0 Å². The van der Waals surface area contributed by atoms with Gasteiger partial charge in [0.2, 0.25) is 5.91 Å². The zero-order valence-corrected chi connectivity index (χ0v) is 14.5. The second-order valence-electron chi connectivity index (χ2n) is 4.97. The Morgan fingerprint density at radius 1 is 1.36 bits per heavy atom. The van der Waals surface area contributed by atoms with Gasteiger partial charge in [-0.3, -0.25) is 4.79 Å². The van der Waals surface area contributed by atoms with Crippen LogP contribution < -0.4 is 5.32 Å². The minimum Gasteiger partial charge on any atom is -0.487 e. The topological polar surface area (TPSA) is 38.3 Å². The lowest BCUT2D eigenvalue weighted by Gasteiger charge is -2.12. The zero-order chi connectivity index (χ0) is 16.5. The number of carbonyl (C=O) groups is 1. The average Bonchev–Trinajstić information content (AvgIpc) is 2.44. The Kier molecular flexibility index (Phi) is 8.35. The molecule has 0 spiro atoms. The number of nitrogens with one attached hydrogen (secondary N) is 1. The number of thiocarbonyl (C=S) groups is 1. The lowest BCUT2D eigenvalue weighted by molar-refractivity contribution is -0.116. The molecule has 0 aliphatic carbocycles. The molecule has 1 rings (SSSR count). The molecule has 3 nitrogen and oxygen atoms in total. The van der Waals surface area contributed by atoms with E-state index in [2.05, 4.69) is 12.2 Å². The average molecular weight is 346 g/mol. The van der Waals surface area contributed by atoms with Crippen molar-refractivity contribution in [1.29, 1.82) is 0 Å². The number of ether oxygens (including phenoxy) is 1. The third-order valence-corrected chi connectivity index (χ3v) is 3.60. The third-order valence-electron chi connectivity index (χ3n) is 2.98. The largest absolute Gasteiger partial charge is 0.487 e. The molecular formula is C16H21ClFNO2S. The van der Waals surface area contributed by atoms with Crippen molar-refractivity contribution in [3.8, 4) is 0 Å². The minimum absolute atomic E-state index is 0.120. The van der Waals surface area contributed by atoms with Gasteiger partial charge in [-0.1, -0.05) is 31.9 Å². The van der Waals surface area contributed by atoms with Crippen molar-refractivity contribution in [3.63, 3.8) is 0 Å². The Morgan fingerprint density at radius 3 is 2.73 bits per heavy atom. The van der Waals surface area contributed by atoms with E-state index in [-0.39, 0.29) is 16.6 Å². The highest BCUT2D eigenvalue weighted by Crippen LogP contribution is 2.25. The molecule has 1 aromatic rings. The van der Waals surface area contributed by atoms with Crippen molar-refractivity contribution in [3.05, 3.63) is 28.5 Å². The molecule has 6 heteroatoms. The number of hydrogen-bond acceptors (Lipinski definition) is 3. The van der Waals surface area contributed by atoms with Crippen LogP contribution in [0.2, 0.25) is 5.02 Å². The summed E-state index contributed by atoms with van der Waals surface area (Å²) < 4.78 is 19.3.